The van der Waals surface area contributed by atoms with Crippen molar-refractivity contribution in [3.63, 3.8) is 0 Å². The van der Waals surface area contributed by atoms with E-state index in [1.807, 2.05) is 18.2 Å². The number of benzene rings is 1. The Kier molecular flexibility index (Phi) is 5.38. The number of hydrogen-bond acceptors (Lipinski definition) is 4. The highest BCUT2D eigenvalue weighted by Gasteiger charge is 2.36. The molecule has 2 N–H and O–H groups in total. The number of likely N-dealkylation sites (N-methyl/N-ethyl adjacent to an activating group) is 1. The summed E-state index contributed by atoms with van der Waals surface area (Å²) in [5.74, 6) is 0. The lowest BCUT2D eigenvalue weighted by Gasteiger charge is -2.44. The number of ether oxygens (including phenoxy) is 1. The Balaban J connectivity index is 2.20. The molecule has 21 heavy (non-hydrogen) atoms. The van der Waals surface area contributed by atoms with Crippen molar-refractivity contribution >= 4 is 0 Å². The minimum atomic E-state index is -0.413. The van der Waals surface area contributed by atoms with Crippen LogP contribution in [0.5, 0.6) is 0 Å². The topological polar surface area (TPSA) is 44.7 Å². The maximum absolute atomic E-state index is 10.1. The van der Waals surface area contributed by atoms with E-state index in [0.29, 0.717) is 0 Å². The van der Waals surface area contributed by atoms with Crippen molar-refractivity contribution in [1.82, 2.24) is 10.2 Å². The second-order valence-corrected chi connectivity index (χ2v) is 6.46. The van der Waals surface area contributed by atoms with Gasteiger partial charge in [0.05, 0.1) is 24.4 Å². The molecule has 1 unspecified atom stereocenters. The molecule has 0 radical (unpaired) electrons. The van der Waals surface area contributed by atoms with Gasteiger partial charge in [-0.1, -0.05) is 37.3 Å². The Bertz CT molecular complexity index is 436. The van der Waals surface area contributed by atoms with Gasteiger partial charge in [-0.3, -0.25) is 4.90 Å². The molecule has 1 heterocycles. The van der Waals surface area contributed by atoms with Crippen LogP contribution in [0.3, 0.4) is 0 Å². The summed E-state index contributed by atoms with van der Waals surface area (Å²) in [6, 6.07) is 10.2. The fraction of sp³-hybridized carbons (Fsp3) is 0.647. The number of rotatable bonds is 6. The summed E-state index contributed by atoms with van der Waals surface area (Å²) in [7, 11) is 0. The van der Waals surface area contributed by atoms with Crippen molar-refractivity contribution in [2.75, 3.05) is 39.4 Å². The fourth-order valence-electron chi connectivity index (χ4n) is 3.17. The minimum absolute atomic E-state index is 0.0860. The summed E-state index contributed by atoms with van der Waals surface area (Å²) < 4.78 is 5.78. The average molecular weight is 292 g/mol. The third kappa shape index (κ3) is 4.04. The van der Waals surface area contributed by atoms with Crippen molar-refractivity contribution in [1.29, 1.82) is 0 Å². The zero-order valence-corrected chi connectivity index (χ0v) is 13.4. The van der Waals surface area contributed by atoms with Crippen LogP contribution in [-0.2, 0) is 10.3 Å². The maximum Gasteiger partial charge on any atom is 0.0797 e. The lowest BCUT2D eigenvalue weighted by Crippen LogP contribution is -2.58. The molecule has 2 rings (SSSR count). The highest BCUT2D eigenvalue weighted by Crippen LogP contribution is 2.25. The Morgan fingerprint density at radius 3 is 2.62 bits per heavy atom. The van der Waals surface area contributed by atoms with Gasteiger partial charge in [-0.05, 0) is 26.0 Å². The largest absolute Gasteiger partial charge is 0.394 e. The van der Waals surface area contributed by atoms with Crippen LogP contribution in [-0.4, -0.2) is 55.0 Å². The molecule has 118 valence electrons. The van der Waals surface area contributed by atoms with Gasteiger partial charge in [0.2, 0.25) is 0 Å². The van der Waals surface area contributed by atoms with E-state index in [-0.39, 0.29) is 12.2 Å². The number of aliphatic hydroxyl groups excluding tert-OH is 1. The van der Waals surface area contributed by atoms with E-state index in [4.69, 9.17) is 4.74 Å². The molecule has 1 aromatic rings. The lowest BCUT2D eigenvalue weighted by atomic mass is 9.89. The highest BCUT2D eigenvalue weighted by atomic mass is 16.5. The molecule has 4 heteroatoms. The van der Waals surface area contributed by atoms with Crippen molar-refractivity contribution < 1.29 is 9.84 Å². The quantitative estimate of drug-likeness (QED) is 0.836. The number of nitrogens with one attached hydrogen (secondary N) is 1. The van der Waals surface area contributed by atoms with Gasteiger partial charge < -0.3 is 15.2 Å². The smallest absolute Gasteiger partial charge is 0.0797 e. The number of hydrogen-bond donors (Lipinski definition) is 2. The molecule has 0 bridgehead atoms. The van der Waals surface area contributed by atoms with Gasteiger partial charge in [0.1, 0.15) is 0 Å². The third-order valence-corrected chi connectivity index (χ3v) is 4.11. The van der Waals surface area contributed by atoms with Gasteiger partial charge >= 0.3 is 0 Å². The first-order valence-electron chi connectivity index (χ1n) is 7.79. The van der Waals surface area contributed by atoms with Gasteiger partial charge in [-0.2, -0.15) is 0 Å². The second kappa shape index (κ2) is 6.88. The van der Waals surface area contributed by atoms with E-state index in [1.54, 1.807) is 0 Å². The highest BCUT2D eigenvalue weighted by molar-refractivity contribution is 5.25. The summed E-state index contributed by atoms with van der Waals surface area (Å²) in [4.78, 5) is 2.38. The normalized spacial score (nSPS) is 21.9. The first-order chi connectivity index (χ1) is 10.0. The molecule has 0 spiro atoms. The van der Waals surface area contributed by atoms with Crippen LogP contribution < -0.4 is 5.32 Å². The van der Waals surface area contributed by atoms with E-state index < -0.39 is 5.54 Å². The second-order valence-electron chi connectivity index (χ2n) is 6.46. The molecule has 1 atom stereocenters. The van der Waals surface area contributed by atoms with E-state index in [9.17, 15) is 5.11 Å². The number of morpholine rings is 1. The van der Waals surface area contributed by atoms with Crippen LogP contribution in [0.15, 0.2) is 30.3 Å². The Labute approximate surface area is 128 Å². The monoisotopic (exact) mass is 292 g/mol. The number of nitrogens with zero attached hydrogens (tertiary/aromatic N) is 1. The molecule has 0 aromatic heterocycles. The molecule has 1 fully saturated rings. The van der Waals surface area contributed by atoms with Gasteiger partial charge in [-0.25, -0.2) is 0 Å². The first-order valence-corrected chi connectivity index (χ1v) is 7.79. The van der Waals surface area contributed by atoms with E-state index >= 15 is 0 Å². The summed E-state index contributed by atoms with van der Waals surface area (Å²) in [6.45, 7) is 10.5. The Morgan fingerprint density at radius 2 is 2.05 bits per heavy atom. The summed E-state index contributed by atoms with van der Waals surface area (Å²) in [6.07, 6.45) is 0. The Hall–Kier alpha value is -0.940. The van der Waals surface area contributed by atoms with Crippen LogP contribution in [0.25, 0.3) is 0 Å². The average Bonchev–Trinajstić information content (AvgIpc) is 2.46. The molecule has 0 saturated carbocycles. The zero-order chi connectivity index (χ0) is 15.3. The van der Waals surface area contributed by atoms with Crippen LogP contribution >= 0.6 is 0 Å². The third-order valence-electron chi connectivity index (χ3n) is 4.11. The van der Waals surface area contributed by atoms with Gasteiger partial charge in [0, 0.05) is 19.6 Å². The zero-order valence-electron chi connectivity index (χ0n) is 13.4. The molecule has 1 aromatic carbocycles. The van der Waals surface area contributed by atoms with Crippen LogP contribution in [0.1, 0.15) is 26.3 Å². The molecule has 1 saturated heterocycles. The first kappa shape index (κ1) is 16.4. The molecule has 0 amide bonds. The van der Waals surface area contributed by atoms with Gasteiger partial charge in [0.25, 0.3) is 0 Å². The number of aliphatic hydroxyl groups is 1. The van der Waals surface area contributed by atoms with Gasteiger partial charge in [0.15, 0.2) is 0 Å². The SMILES string of the molecule is CCNC(CO)(CN1CCOC(C)(C)C1)c1ccccc1. The molecule has 0 aliphatic carbocycles. The van der Waals surface area contributed by atoms with E-state index in [0.717, 1.165) is 38.3 Å². The fourth-order valence-corrected chi connectivity index (χ4v) is 3.17. The standard InChI is InChI=1S/C17H28N2O2/c1-4-18-17(14-20,15-8-6-5-7-9-15)13-19-10-11-21-16(2,3)12-19/h5-9,18,20H,4,10-14H2,1-3H3. The van der Waals surface area contributed by atoms with E-state index in [1.165, 1.54) is 0 Å². The van der Waals surface area contributed by atoms with Crippen molar-refractivity contribution in [2.24, 2.45) is 0 Å². The predicted molar refractivity (Wildman–Crippen MR) is 85.4 cm³/mol. The van der Waals surface area contributed by atoms with Crippen LogP contribution in [0.2, 0.25) is 0 Å². The predicted octanol–water partition coefficient (Wildman–Crippen LogP) is 1.59. The minimum Gasteiger partial charge on any atom is -0.394 e. The summed E-state index contributed by atoms with van der Waals surface area (Å²) in [5, 5.41) is 13.6. The summed E-state index contributed by atoms with van der Waals surface area (Å²) in [5.41, 5.74) is 0.602. The van der Waals surface area contributed by atoms with Crippen LogP contribution in [0.4, 0.5) is 0 Å². The van der Waals surface area contributed by atoms with Crippen LogP contribution in [0, 0.1) is 0 Å². The maximum atomic E-state index is 10.1. The van der Waals surface area contributed by atoms with Crippen molar-refractivity contribution in [3.05, 3.63) is 35.9 Å². The molecular weight excluding hydrogens is 264 g/mol. The summed E-state index contributed by atoms with van der Waals surface area (Å²) >= 11 is 0. The molecule has 1 aliphatic heterocycles. The molecule has 4 nitrogen and oxygen atoms in total. The van der Waals surface area contributed by atoms with Gasteiger partial charge in [-0.15, -0.1) is 0 Å². The molecular formula is C17H28N2O2. The molecule has 1 aliphatic rings. The van der Waals surface area contributed by atoms with Crippen molar-refractivity contribution in [2.45, 2.75) is 31.9 Å². The lowest BCUT2D eigenvalue weighted by molar-refractivity contribution is -0.0937. The van der Waals surface area contributed by atoms with E-state index in [2.05, 4.69) is 43.1 Å². The Morgan fingerprint density at radius 1 is 1.33 bits per heavy atom. The van der Waals surface area contributed by atoms with Crippen molar-refractivity contribution in [3.8, 4) is 0 Å².